The predicted molar refractivity (Wildman–Crippen MR) is 48.2 cm³/mol. The van der Waals surface area contributed by atoms with Crippen molar-refractivity contribution in [2.45, 2.75) is 19.8 Å². The lowest BCUT2D eigenvalue weighted by molar-refractivity contribution is -0.141. The minimum Gasteiger partial charge on any atom is -0.396 e. The van der Waals surface area contributed by atoms with Crippen molar-refractivity contribution in [3.05, 3.63) is 0 Å². The Morgan fingerprint density at radius 3 is 2.00 bits per heavy atom. The average Bonchev–Trinajstić information content (AvgIpc) is 2.49. The van der Waals surface area contributed by atoms with E-state index in [1.165, 1.54) is 0 Å². The highest BCUT2D eigenvalue weighted by Crippen LogP contribution is 2.21. The van der Waals surface area contributed by atoms with E-state index in [4.69, 9.17) is 10.2 Å². The molecule has 0 spiro atoms. The quantitative estimate of drug-likeness (QED) is 0.579. The van der Waals surface area contributed by atoms with Crippen molar-refractivity contribution in [3.63, 3.8) is 0 Å². The largest absolute Gasteiger partial charge is 0.396 e. The van der Waals surface area contributed by atoms with Crippen molar-refractivity contribution in [2.75, 3.05) is 19.8 Å². The van der Waals surface area contributed by atoms with E-state index in [-0.39, 0.29) is 44.4 Å². The first-order valence-electron chi connectivity index (χ1n) is 4.57. The zero-order valence-electron chi connectivity index (χ0n) is 8.19. The highest BCUT2D eigenvalue weighted by atomic mass is 16.3. The zero-order valence-corrected chi connectivity index (χ0v) is 8.19. The molecule has 0 aromatic carbocycles. The molecule has 1 heterocycles. The molecule has 0 bridgehead atoms. The summed E-state index contributed by atoms with van der Waals surface area (Å²) >= 11 is 0. The number of imide groups is 1. The van der Waals surface area contributed by atoms with Crippen LogP contribution in [-0.4, -0.2) is 46.7 Å². The molecule has 2 amide bonds. The van der Waals surface area contributed by atoms with Crippen LogP contribution < -0.4 is 0 Å². The number of aliphatic hydroxyl groups excluding tert-OH is 2. The van der Waals surface area contributed by atoms with Gasteiger partial charge in [-0.3, -0.25) is 14.5 Å². The van der Waals surface area contributed by atoms with Gasteiger partial charge in [-0.2, -0.15) is 0 Å². The first-order chi connectivity index (χ1) is 6.52. The molecule has 80 valence electrons. The standard InChI is InChI=1S/C9H15NO4/c1-9(5-11,6-12)4-10-7(13)2-3-8(10)14/h11-12H,2-6H2,1H3. The number of carbonyl (C=O) groups excluding carboxylic acids is 2. The molecule has 5 heteroatoms. The molecular formula is C9H15NO4. The van der Waals surface area contributed by atoms with Gasteiger partial charge in [0, 0.05) is 24.8 Å². The fourth-order valence-corrected chi connectivity index (χ4v) is 1.33. The molecule has 0 radical (unpaired) electrons. The summed E-state index contributed by atoms with van der Waals surface area (Å²) in [6.45, 7) is 1.23. The van der Waals surface area contributed by atoms with E-state index in [9.17, 15) is 9.59 Å². The molecule has 14 heavy (non-hydrogen) atoms. The molecule has 5 nitrogen and oxygen atoms in total. The third kappa shape index (κ3) is 2.10. The van der Waals surface area contributed by atoms with Crippen molar-refractivity contribution < 1.29 is 19.8 Å². The zero-order chi connectivity index (χ0) is 10.8. The monoisotopic (exact) mass is 201 g/mol. The Kier molecular flexibility index (Phi) is 3.23. The van der Waals surface area contributed by atoms with Crippen LogP contribution in [0.2, 0.25) is 0 Å². The number of hydrogen-bond donors (Lipinski definition) is 2. The van der Waals surface area contributed by atoms with Crippen LogP contribution in [0.3, 0.4) is 0 Å². The summed E-state index contributed by atoms with van der Waals surface area (Å²) in [5.74, 6) is -0.439. The van der Waals surface area contributed by atoms with Crippen LogP contribution in [0, 0.1) is 5.41 Å². The van der Waals surface area contributed by atoms with E-state index < -0.39 is 5.41 Å². The number of nitrogens with zero attached hydrogens (tertiary/aromatic N) is 1. The normalized spacial score (nSPS) is 18.1. The number of carbonyl (C=O) groups is 2. The molecule has 0 aromatic heterocycles. The third-order valence-electron chi connectivity index (χ3n) is 2.46. The summed E-state index contributed by atoms with van der Waals surface area (Å²) in [5.41, 5.74) is -0.796. The van der Waals surface area contributed by atoms with Crippen molar-refractivity contribution in [1.82, 2.24) is 4.90 Å². The van der Waals surface area contributed by atoms with E-state index in [1.807, 2.05) is 0 Å². The van der Waals surface area contributed by atoms with Crippen LogP contribution in [0.5, 0.6) is 0 Å². The lowest BCUT2D eigenvalue weighted by atomic mass is 9.92. The highest BCUT2D eigenvalue weighted by molar-refractivity contribution is 6.01. The molecular weight excluding hydrogens is 186 g/mol. The van der Waals surface area contributed by atoms with Crippen molar-refractivity contribution >= 4 is 11.8 Å². The lowest BCUT2D eigenvalue weighted by Crippen LogP contribution is -2.43. The van der Waals surface area contributed by atoms with Crippen molar-refractivity contribution in [3.8, 4) is 0 Å². The number of likely N-dealkylation sites (tertiary alicyclic amines) is 1. The average molecular weight is 201 g/mol. The minimum atomic E-state index is -0.796. The van der Waals surface area contributed by atoms with Crippen molar-refractivity contribution in [1.29, 1.82) is 0 Å². The maximum atomic E-state index is 11.2. The fraction of sp³-hybridized carbons (Fsp3) is 0.778. The summed E-state index contributed by atoms with van der Waals surface area (Å²) in [6.07, 6.45) is 0.484. The molecule has 0 unspecified atom stereocenters. The first-order valence-corrected chi connectivity index (χ1v) is 4.57. The van der Waals surface area contributed by atoms with Gasteiger partial charge in [0.2, 0.25) is 11.8 Å². The van der Waals surface area contributed by atoms with Crippen LogP contribution in [0.25, 0.3) is 0 Å². The van der Waals surface area contributed by atoms with Crippen LogP contribution in [-0.2, 0) is 9.59 Å². The highest BCUT2D eigenvalue weighted by Gasteiger charge is 2.35. The van der Waals surface area contributed by atoms with Gasteiger partial charge in [0.25, 0.3) is 0 Å². The summed E-state index contributed by atoms with van der Waals surface area (Å²) in [6, 6.07) is 0. The van der Waals surface area contributed by atoms with Gasteiger partial charge in [0.05, 0.1) is 13.2 Å². The van der Waals surface area contributed by atoms with E-state index >= 15 is 0 Å². The van der Waals surface area contributed by atoms with E-state index in [2.05, 4.69) is 0 Å². The van der Waals surface area contributed by atoms with Gasteiger partial charge in [-0.05, 0) is 0 Å². The fourth-order valence-electron chi connectivity index (χ4n) is 1.33. The molecule has 1 fully saturated rings. The second kappa shape index (κ2) is 4.06. The maximum absolute atomic E-state index is 11.2. The Hall–Kier alpha value is -0.940. The lowest BCUT2D eigenvalue weighted by Gasteiger charge is -2.28. The van der Waals surface area contributed by atoms with Gasteiger partial charge in [-0.1, -0.05) is 6.92 Å². The van der Waals surface area contributed by atoms with Crippen LogP contribution in [0.1, 0.15) is 19.8 Å². The molecule has 2 N–H and O–H groups in total. The Bertz CT molecular complexity index is 231. The number of rotatable bonds is 4. The minimum absolute atomic E-state index is 0.0949. The third-order valence-corrected chi connectivity index (χ3v) is 2.46. The van der Waals surface area contributed by atoms with Gasteiger partial charge < -0.3 is 10.2 Å². The van der Waals surface area contributed by atoms with Crippen LogP contribution >= 0.6 is 0 Å². The van der Waals surface area contributed by atoms with E-state index in [1.54, 1.807) is 6.92 Å². The molecule has 1 rings (SSSR count). The molecule has 1 aliphatic rings. The number of amides is 2. The Balaban J connectivity index is 2.66. The van der Waals surface area contributed by atoms with Crippen LogP contribution in [0.15, 0.2) is 0 Å². The van der Waals surface area contributed by atoms with Gasteiger partial charge in [0.15, 0.2) is 0 Å². The Morgan fingerprint density at radius 1 is 1.21 bits per heavy atom. The molecule has 0 saturated carbocycles. The molecule has 1 aliphatic heterocycles. The smallest absolute Gasteiger partial charge is 0.229 e. The molecule has 0 aromatic rings. The van der Waals surface area contributed by atoms with Crippen molar-refractivity contribution in [2.24, 2.45) is 5.41 Å². The summed E-state index contributed by atoms with van der Waals surface area (Å²) in [5, 5.41) is 18.0. The SMILES string of the molecule is CC(CO)(CO)CN1C(=O)CCC1=O. The van der Waals surface area contributed by atoms with E-state index in [0.717, 1.165) is 4.90 Å². The molecule has 1 saturated heterocycles. The summed E-state index contributed by atoms with van der Waals surface area (Å²) < 4.78 is 0. The van der Waals surface area contributed by atoms with Gasteiger partial charge >= 0.3 is 0 Å². The summed E-state index contributed by atoms with van der Waals surface area (Å²) in [7, 11) is 0. The topological polar surface area (TPSA) is 77.8 Å². The first kappa shape index (κ1) is 11.1. The number of hydrogen-bond acceptors (Lipinski definition) is 4. The Labute approximate surface area is 82.3 Å². The molecule has 0 atom stereocenters. The van der Waals surface area contributed by atoms with E-state index in [0.29, 0.717) is 0 Å². The van der Waals surface area contributed by atoms with Crippen LogP contribution in [0.4, 0.5) is 0 Å². The Morgan fingerprint density at radius 2 is 1.64 bits per heavy atom. The second-order valence-electron chi connectivity index (χ2n) is 4.00. The van der Waals surface area contributed by atoms with Gasteiger partial charge in [0.1, 0.15) is 0 Å². The maximum Gasteiger partial charge on any atom is 0.229 e. The second-order valence-corrected chi connectivity index (χ2v) is 4.00. The molecule has 0 aliphatic carbocycles. The van der Waals surface area contributed by atoms with Gasteiger partial charge in [-0.15, -0.1) is 0 Å². The number of aliphatic hydroxyl groups is 2. The summed E-state index contributed by atoms with van der Waals surface area (Å²) in [4.78, 5) is 23.6. The van der Waals surface area contributed by atoms with Gasteiger partial charge in [-0.25, -0.2) is 0 Å². The predicted octanol–water partition coefficient (Wildman–Crippen LogP) is -0.874.